The number of allylic oxidation sites excluding steroid dienone is 12. The van der Waals surface area contributed by atoms with Crippen molar-refractivity contribution in [1.82, 2.24) is 0 Å². The first-order chi connectivity index (χ1) is 33.0. The van der Waals surface area contributed by atoms with E-state index >= 15 is 0 Å². The minimum absolute atomic E-state index is 0.115. The molecule has 1 saturated heterocycles. The van der Waals surface area contributed by atoms with E-state index in [0.717, 1.165) is 64.2 Å². The fourth-order valence-electron chi connectivity index (χ4n) is 7.63. The molecule has 6 unspecified atom stereocenters. The van der Waals surface area contributed by atoms with Crippen LogP contribution in [0.1, 0.15) is 206 Å². The molecule has 1 fully saturated rings. The maximum Gasteiger partial charge on any atom is 0.306 e. The second-order valence-corrected chi connectivity index (χ2v) is 19.7. The summed E-state index contributed by atoms with van der Waals surface area (Å²) in [6, 6.07) is 0. The summed E-state index contributed by atoms with van der Waals surface area (Å²) < 4.78 is 54.2. The number of hydrogen-bond acceptors (Lipinski definition) is 11. The van der Waals surface area contributed by atoms with E-state index in [1.54, 1.807) is 0 Å². The van der Waals surface area contributed by atoms with E-state index in [9.17, 15) is 37.9 Å². The number of aliphatic hydroxyl groups is 3. The van der Waals surface area contributed by atoms with Crippen LogP contribution in [0.15, 0.2) is 72.9 Å². The lowest BCUT2D eigenvalue weighted by atomic mass is 10.00. The van der Waals surface area contributed by atoms with Gasteiger partial charge in [-0.05, 0) is 83.5 Å². The maximum atomic E-state index is 12.9. The van der Waals surface area contributed by atoms with Gasteiger partial charge in [-0.2, -0.15) is 8.42 Å². The van der Waals surface area contributed by atoms with E-state index in [-0.39, 0.29) is 19.4 Å². The van der Waals surface area contributed by atoms with E-state index in [1.165, 1.54) is 96.3 Å². The van der Waals surface area contributed by atoms with Crippen molar-refractivity contribution in [1.29, 1.82) is 0 Å². The number of rotatable bonds is 44. The van der Waals surface area contributed by atoms with Gasteiger partial charge in [-0.3, -0.25) is 14.1 Å². The topological polar surface area (TPSA) is 186 Å². The van der Waals surface area contributed by atoms with Crippen molar-refractivity contribution in [3.05, 3.63) is 72.9 Å². The van der Waals surface area contributed by atoms with E-state index in [1.807, 2.05) is 0 Å². The van der Waals surface area contributed by atoms with Gasteiger partial charge >= 0.3 is 11.9 Å². The van der Waals surface area contributed by atoms with Crippen LogP contribution in [0, 0.1) is 0 Å². The third kappa shape index (κ3) is 37.9. The number of aliphatic hydroxyl groups excluding tert-OH is 3. The first-order valence-corrected chi connectivity index (χ1v) is 28.1. The van der Waals surface area contributed by atoms with Crippen molar-refractivity contribution >= 4 is 22.1 Å². The summed E-state index contributed by atoms with van der Waals surface area (Å²) in [6.07, 6.45) is 48.1. The molecule has 0 aliphatic carbocycles. The van der Waals surface area contributed by atoms with Crippen LogP contribution in [-0.4, -0.2) is 96.0 Å². The zero-order valence-corrected chi connectivity index (χ0v) is 43.0. The normalized spacial score (nSPS) is 19.8. The monoisotopic (exact) mass is 979 g/mol. The van der Waals surface area contributed by atoms with Gasteiger partial charge in [-0.15, -0.1) is 0 Å². The summed E-state index contributed by atoms with van der Waals surface area (Å²) in [6.45, 7) is 3.65. The molecule has 1 rings (SSSR count). The fourth-order valence-corrected chi connectivity index (χ4v) is 8.32. The second-order valence-electron chi connectivity index (χ2n) is 18.2. The predicted octanol–water partition coefficient (Wildman–Crippen LogP) is 12.2. The molecule has 392 valence electrons. The number of ether oxygens (including phenoxy) is 4. The van der Waals surface area contributed by atoms with Gasteiger partial charge in [0.1, 0.15) is 36.8 Å². The average molecular weight is 979 g/mol. The third-order valence-corrected chi connectivity index (χ3v) is 12.5. The fraction of sp³-hybridized carbons (Fsp3) is 0.745. The number of carbonyl (C=O) groups is 2. The average Bonchev–Trinajstić information content (AvgIpc) is 3.31. The summed E-state index contributed by atoms with van der Waals surface area (Å²) >= 11 is 0. The van der Waals surface area contributed by atoms with Crippen molar-refractivity contribution < 1.29 is 56.8 Å². The molecule has 0 spiro atoms. The van der Waals surface area contributed by atoms with Crippen molar-refractivity contribution in [2.24, 2.45) is 0 Å². The first kappa shape index (κ1) is 63.1. The lowest BCUT2D eigenvalue weighted by molar-refractivity contribution is -0.297. The Morgan fingerprint density at radius 1 is 0.500 bits per heavy atom. The van der Waals surface area contributed by atoms with Crippen LogP contribution < -0.4 is 0 Å². The Kier molecular flexibility index (Phi) is 40.9. The molecule has 13 heteroatoms. The largest absolute Gasteiger partial charge is 0.462 e. The Bertz CT molecular complexity index is 1520. The molecule has 68 heavy (non-hydrogen) atoms. The highest BCUT2D eigenvalue weighted by Gasteiger charge is 2.46. The smallest absolute Gasteiger partial charge is 0.306 e. The van der Waals surface area contributed by atoms with E-state index < -0.39 is 71.2 Å². The van der Waals surface area contributed by atoms with E-state index in [4.69, 9.17) is 18.9 Å². The Morgan fingerprint density at radius 3 is 1.47 bits per heavy atom. The molecule has 0 amide bonds. The number of esters is 2. The molecule has 0 aromatic rings. The second kappa shape index (κ2) is 44.1. The van der Waals surface area contributed by atoms with Crippen LogP contribution in [-0.2, 0) is 38.7 Å². The van der Waals surface area contributed by atoms with Crippen LogP contribution >= 0.6 is 0 Å². The molecule has 12 nitrogen and oxygen atoms in total. The number of unbranched alkanes of at least 4 members (excludes halogenated alkanes) is 20. The van der Waals surface area contributed by atoms with Crippen LogP contribution in [0.3, 0.4) is 0 Å². The van der Waals surface area contributed by atoms with E-state index in [0.29, 0.717) is 19.3 Å². The van der Waals surface area contributed by atoms with Gasteiger partial charge in [-0.1, -0.05) is 183 Å². The van der Waals surface area contributed by atoms with Crippen LogP contribution in [0.2, 0.25) is 0 Å². The van der Waals surface area contributed by atoms with Crippen molar-refractivity contribution in [2.75, 3.05) is 19.0 Å². The van der Waals surface area contributed by atoms with Crippen LogP contribution in [0.5, 0.6) is 0 Å². The molecular formula is C55H94O12S. The minimum atomic E-state index is -4.62. The van der Waals surface area contributed by atoms with Gasteiger partial charge in [0.05, 0.1) is 6.61 Å². The van der Waals surface area contributed by atoms with Crippen molar-refractivity contribution in [2.45, 2.75) is 243 Å². The van der Waals surface area contributed by atoms with Gasteiger partial charge in [0.25, 0.3) is 10.1 Å². The minimum Gasteiger partial charge on any atom is -0.462 e. The van der Waals surface area contributed by atoms with Gasteiger partial charge in [0.2, 0.25) is 0 Å². The molecule has 1 aliphatic heterocycles. The highest BCUT2D eigenvalue weighted by atomic mass is 32.2. The molecule has 1 heterocycles. The first-order valence-electron chi connectivity index (χ1n) is 26.5. The summed E-state index contributed by atoms with van der Waals surface area (Å²) in [5, 5.41) is 31.0. The van der Waals surface area contributed by atoms with Gasteiger partial charge < -0.3 is 34.3 Å². The standard InChI is InChI=1S/C55H94O12S/c1-3-5-7-9-11-13-15-17-19-21-22-23-24-25-26-28-29-31-33-35-37-39-41-43-50(56)64-45-48(46-65-55-54(60)53(59)52(58)49(67-55)47-68(61,62)63)66-51(57)44-42-40-38-36-34-32-30-27-20-18-16-14-12-10-8-6-4-2/h8,10,14,16,20,27-29,32,34-35,37,48-49,52-55,58-60H,3-7,9,11-13,15,17-19,21-26,30-31,33,36,38-47H2,1-2H3,(H,61,62,63). The Labute approximate surface area is 412 Å². The van der Waals surface area contributed by atoms with Gasteiger partial charge in [-0.25, -0.2) is 0 Å². The Balaban J connectivity index is 2.40. The molecule has 0 aromatic carbocycles. The molecule has 0 aromatic heterocycles. The molecule has 1 aliphatic rings. The van der Waals surface area contributed by atoms with E-state index in [2.05, 4.69) is 86.8 Å². The van der Waals surface area contributed by atoms with Crippen molar-refractivity contribution in [3.63, 3.8) is 0 Å². The highest BCUT2D eigenvalue weighted by molar-refractivity contribution is 7.85. The zero-order valence-electron chi connectivity index (χ0n) is 42.2. The SMILES string of the molecule is CCCC=CCC=CCC=CCC=CCCCCCC(=O)OC(COC(=O)CCCC=CCCC=CCCCCCCCCCCCCCCCC)COC1OC(CS(=O)(=O)O)C(O)C(O)C1O. The molecule has 0 saturated carbocycles. The summed E-state index contributed by atoms with van der Waals surface area (Å²) in [5.74, 6) is -2.08. The quantitative estimate of drug-likeness (QED) is 0.0196. The molecule has 6 atom stereocenters. The number of carbonyl (C=O) groups excluding carboxylic acids is 2. The summed E-state index contributed by atoms with van der Waals surface area (Å²) in [7, 11) is -4.62. The van der Waals surface area contributed by atoms with Gasteiger partial charge in [0, 0.05) is 12.8 Å². The highest BCUT2D eigenvalue weighted by Crippen LogP contribution is 2.24. The Hall–Kier alpha value is -2.91. The molecular weight excluding hydrogens is 885 g/mol. The predicted molar refractivity (Wildman–Crippen MR) is 275 cm³/mol. The maximum absolute atomic E-state index is 12.9. The molecule has 4 N–H and O–H groups in total. The summed E-state index contributed by atoms with van der Waals surface area (Å²) in [5.41, 5.74) is 0. The van der Waals surface area contributed by atoms with Gasteiger partial charge in [0.15, 0.2) is 12.4 Å². The lowest BCUT2D eigenvalue weighted by Gasteiger charge is -2.40. The lowest BCUT2D eigenvalue weighted by Crippen LogP contribution is -2.60. The third-order valence-electron chi connectivity index (χ3n) is 11.7. The molecule has 0 radical (unpaired) electrons. The summed E-state index contributed by atoms with van der Waals surface area (Å²) in [4.78, 5) is 25.5. The van der Waals surface area contributed by atoms with Crippen LogP contribution in [0.25, 0.3) is 0 Å². The number of hydrogen-bond donors (Lipinski definition) is 4. The van der Waals surface area contributed by atoms with Crippen molar-refractivity contribution in [3.8, 4) is 0 Å². The van der Waals surface area contributed by atoms with Crippen LogP contribution in [0.4, 0.5) is 0 Å². The zero-order chi connectivity index (χ0) is 49.8. The Morgan fingerprint density at radius 2 is 0.941 bits per heavy atom. The molecule has 0 bridgehead atoms.